The molecule has 0 aliphatic carbocycles. The van der Waals surface area contributed by atoms with Crippen LogP contribution in [0.1, 0.15) is 59.7 Å². The summed E-state index contributed by atoms with van der Waals surface area (Å²) in [4.78, 5) is 20.0. The number of aryl methyl sites for hydroxylation is 2. The van der Waals surface area contributed by atoms with Gasteiger partial charge in [0.2, 0.25) is 0 Å². The number of alkyl halides is 8. The zero-order valence-corrected chi connectivity index (χ0v) is 65.4. The molecule has 0 saturated heterocycles. The summed E-state index contributed by atoms with van der Waals surface area (Å²) in [5.74, 6) is -0.298. The molecule has 0 atom stereocenters. The van der Waals surface area contributed by atoms with Crippen LogP contribution in [-0.4, -0.2) is 118 Å². The normalized spacial score (nSPS) is 10.9. The number of allylic oxidation sites excluding steroid dienone is 1. The van der Waals surface area contributed by atoms with E-state index in [-0.39, 0.29) is 30.1 Å². The lowest BCUT2D eigenvalue weighted by Crippen LogP contribution is -2.38. The number of para-hydroxylation sites is 8. The van der Waals surface area contributed by atoms with Gasteiger partial charge in [-0.3, -0.25) is 14.1 Å². The predicted octanol–water partition coefficient (Wildman–Crippen LogP) is 22.3. The molecule has 0 spiro atoms. The highest BCUT2D eigenvalue weighted by atomic mass is 127. The molecule has 28 heteroatoms. The molecule has 1 amide bonds. The third-order valence-electron chi connectivity index (χ3n) is 13.3. The number of nitrogens with one attached hydrogen (secondary N) is 1. The van der Waals surface area contributed by atoms with E-state index in [0.29, 0.717) is 76.4 Å². The average molecular weight is 1680 g/mol. The lowest BCUT2D eigenvalue weighted by atomic mass is 10.0. The van der Waals surface area contributed by atoms with Crippen molar-refractivity contribution in [3.05, 3.63) is 250 Å². The van der Waals surface area contributed by atoms with Gasteiger partial charge in [-0.1, -0.05) is 107 Å². The van der Waals surface area contributed by atoms with Crippen LogP contribution in [0.4, 0.5) is 80.2 Å². The molecule has 0 heterocycles. The lowest BCUT2D eigenvalue weighted by Gasteiger charge is -2.21. The van der Waals surface area contributed by atoms with Gasteiger partial charge in [0.1, 0.15) is 51.7 Å². The van der Waals surface area contributed by atoms with Crippen molar-refractivity contribution in [3.8, 4) is 46.0 Å². The van der Waals surface area contributed by atoms with Gasteiger partial charge in [0.15, 0.2) is 5.75 Å². The van der Waals surface area contributed by atoms with Crippen molar-refractivity contribution in [3.63, 3.8) is 0 Å². The first-order valence-electron chi connectivity index (χ1n) is 32.6. The highest BCUT2D eigenvalue weighted by Gasteiger charge is 2.57. The van der Waals surface area contributed by atoms with Gasteiger partial charge in [-0.2, -0.15) is 39.5 Å². The van der Waals surface area contributed by atoms with Crippen molar-refractivity contribution in [2.24, 2.45) is 0 Å². The van der Waals surface area contributed by atoms with Crippen molar-refractivity contribution < 1.29 is 81.2 Å². The Hall–Kier alpha value is -8.94. The molecule has 0 saturated carbocycles. The maximum absolute atomic E-state index is 13.3. The third kappa shape index (κ3) is 38.9. The number of nitrogen functional groups attached to an aromatic ring is 3. The SMILES string of the molecule is C=C(F)CBr.C=C(F)F.C=C(F)F.CN(C)Cc1cc(CC([18F])([18F])C([18F])([18F])[18F])ccc1Oc1ccccc1N.CN(C)Cc1cc(CCF)ccc1Oc1ccccc1N.CN(C)Cc1cc(CCF)ccc1Oc1ccccc1N.CN(C)Cc1cc(I)ccc1Oc1ccccc1NC(=O)OC(C)(C)C. The molecule has 0 radical (unpaired) electrons. The Bertz CT molecular complexity index is 3930. The zero-order valence-electron chi connectivity index (χ0n) is 61.6. The molecule has 0 aliphatic rings. The van der Waals surface area contributed by atoms with Crippen molar-refractivity contribution in [2.45, 2.75) is 83.9 Å². The molecule has 8 rings (SSSR count). The number of benzene rings is 8. The molecular formula is C79H94BrF12IN8O6. The molecule has 8 aromatic rings. The summed E-state index contributed by atoms with van der Waals surface area (Å²) < 4.78 is 171. The van der Waals surface area contributed by atoms with Crippen LogP contribution in [0.5, 0.6) is 46.0 Å². The summed E-state index contributed by atoms with van der Waals surface area (Å²) in [6.07, 6.45) is -10.3. The number of rotatable bonds is 24. The van der Waals surface area contributed by atoms with Gasteiger partial charge >= 0.3 is 18.2 Å². The maximum Gasteiger partial charge on any atom is 0.453 e. The topological polar surface area (TPSA) is 166 Å². The van der Waals surface area contributed by atoms with Gasteiger partial charge in [-0.25, -0.2) is 9.18 Å². The molecule has 107 heavy (non-hydrogen) atoms. The fourth-order valence-corrected chi connectivity index (χ4v) is 9.52. The van der Waals surface area contributed by atoms with E-state index in [4.69, 9.17) is 40.9 Å². The molecule has 8 aromatic carbocycles. The van der Waals surface area contributed by atoms with E-state index in [1.54, 1.807) is 61.5 Å². The van der Waals surface area contributed by atoms with Crippen LogP contribution in [0.15, 0.2) is 208 Å². The largest absolute Gasteiger partial charge is 0.455 e. The molecule has 0 fully saturated rings. The van der Waals surface area contributed by atoms with Crippen molar-refractivity contribution in [1.82, 2.24) is 19.6 Å². The van der Waals surface area contributed by atoms with Crippen LogP contribution < -0.4 is 41.5 Å². The summed E-state index contributed by atoms with van der Waals surface area (Å²) >= 11 is 5.13. The second kappa shape index (κ2) is 47.7. The Morgan fingerprint density at radius 1 is 0.458 bits per heavy atom. The molecule has 0 unspecified atom stereocenters. The highest BCUT2D eigenvalue weighted by Crippen LogP contribution is 2.40. The van der Waals surface area contributed by atoms with Gasteiger partial charge in [0, 0.05) is 71.3 Å². The van der Waals surface area contributed by atoms with Gasteiger partial charge in [-0.15, -0.1) is 0 Å². The van der Waals surface area contributed by atoms with Crippen molar-refractivity contribution >= 4 is 67.4 Å². The summed E-state index contributed by atoms with van der Waals surface area (Å²) in [6, 6.07) is 50.3. The van der Waals surface area contributed by atoms with Crippen LogP contribution in [0.2, 0.25) is 0 Å². The maximum atomic E-state index is 13.3. The number of anilines is 4. The predicted molar refractivity (Wildman–Crippen MR) is 418 cm³/mol. The molecular weight excluding hydrogens is 1590 g/mol. The van der Waals surface area contributed by atoms with Gasteiger partial charge < -0.3 is 60.5 Å². The fourth-order valence-electron chi connectivity index (χ4n) is 8.96. The number of hydrogen-bond donors (Lipinski definition) is 4. The summed E-state index contributed by atoms with van der Waals surface area (Å²) in [5, 5.41) is 3.02. The van der Waals surface area contributed by atoms with E-state index in [1.165, 1.54) is 18.2 Å². The van der Waals surface area contributed by atoms with Crippen LogP contribution in [0, 0.1) is 3.57 Å². The summed E-state index contributed by atoms with van der Waals surface area (Å²) in [5.41, 5.74) is 24.7. The highest BCUT2D eigenvalue weighted by molar-refractivity contribution is 14.1. The molecule has 0 aromatic heterocycles. The first-order chi connectivity index (χ1) is 50.1. The number of carbonyl (C=O) groups excluding carboxylic acids is 1. The minimum Gasteiger partial charge on any atom is -0.455 e. The Balaban J connectivity index is 0.000000459. The molecule has 584 valence electrons. The first-order valence-corrected chi connectivity index (χ1v) is 34.8. The van der Waals surface area contributed by atoms with E-state index in [1.807, 2.05) is 166 Å². The standard InChI is InChI=1S/C20H25IN2O3.C18H19F5N2O.2C17H21FN2O.C3H4BrF.2C2H2F2/c1-20(2,3)26-19(24)22-16-8-6-7-9-18(16)25-17-11-10-15(21)12-14(17)13-23(4)5;1-25(2)11-13-9-12(10-17(19,20)18(21,22)23)7-8-15(13)26-16-6-4-3-5-14(16)24;2*1-20(2)12-14-11-13(9-10-18)7-8-16(14)21-17-6-4-3-5-15(17)19;1-3(5)2-4;2*1-2(3)4/h6-12H,13H2,1-5H3,(H,22,24);3-9H,10-11,24H2,1-2H3;2*3-8,11H,9-10,12,19H2,1-2H3;1-2H2;2*1H2/i;19-1,20-1,21-1,22-1,23-1;;;;;. The van der Waals surface area contributed by atoms with Crippen LogP contribution in [0.3, 0.4) is 0 Å². The van der Waals surface area contributed by atoms with E-state index in [0.717, 1.165) is 68.3 Å². The number of nitrogens with zero attached hydrogens (tertiary/aromatic N) is 4. The second-order valence-electron chi connectivity index (χ2n) is 25.3. The van der Waals surface area contributed by atoms with Gasteiger partial charge in [-0.05, 0) is 215 Å². The minimum absolute atomic E-state index is 0.127. The molecule has 7 N–H and O–H groups in total. The van der Waals surface area contributed by atoms with E-state index >= 15 is 0 Å². The third-order valence-corrected chi connectivity index (χ3v) is 14.5. The Morgan fingerprint density at radius 3 is 1.06 bits per heavy atom. The van der Waals surface area contributed by atoms with E-state index < -0.39 is 42.4 Å². The number of amides is 1. The summed E-state index contributed by atoms with van der Waals surface area (Å²) in [7, 11) is 15.5. The van der Waals surface area contributed by atoms with Crippen molar-refractivity contribution in [1.29, 1.82) is 0 Å². The minimum atomic E-state index is -5.59. The lowest BCUT2D eigenvalue weighted by molar-refractivity contribution is -0.281. The Kier molecular flexibility index (Phi) is 41.9. The molecule has 0 bridgehead atoms. The molecule has 0 aliphatic heterocycles. The van der Waals surface area contributed by atoms with E-state index in [9.17, 15) is 57.5 Å². The number of nitrogens with two attached hydrogens (primary N) is 3. The van der Waals surface area contributed by atoms with Gasteiger partial charge in [0.25, 0.3) is 12.2 Å². The van der Waals surface area contributed by atoms with Crippen LogP contribution in [0.25, 0.3) is 0 Å². The number of carbonyl (C=O) groups is 1. The van der Waals surface area contributed by atoms with Crippen LogP contribution in [-0.2, 0) is 50.2 Å². The van der Waals surface area contributed by atoms with Gasteiger partial charge in [0.05, 0.1) is 41.4 Å². The Labute approximate surface area is 642 Å². The molecule has 14 nitrogen and oxygen atoms in total. The zero-order chi connectivity index (χ0) is 80.8. The van der Waals surface area contributed by atoms with E-state index in [2.05, 4.69) is 84.3 Å². The van der Waals surface area contributed by atoms with Crippen molar-refractivity contribution in [2.75, 3.05) is 97.6 Å². The quantitative estimate of drug-likeness (QED) is 0.0196. The number of hydrogen-bond acceptors (Lipinski definition) is 13. The monoisotopic (exact) mass is 1680 g/mol. The number of ether oxygens (including phenoxy) is 5. The second-order valence-corrected chi connectivity index (χ2v) is 27.1. The summed E-state index contributed by atoms with van der Waals surface area (Å²) in [6.45, 7) is 14.7. The fraction of sp³-hybridized carbons (Fsp3) is 0.304. The number of halogens is 14. The van der Waals surface area contributed by atoms with Crippen LogP contribution >= 0.6 is 38.5 Å². The average Bonchev–Trinajstić information content (AvgIpc) is 0.814. The first kappa shape index (κ1) is 94.1. The Morgan fingerprint density at radius 2 is 0.748 bits per heavy atom. The smallest absolute Gasteiger partial charge is 0.453 e.